The van der Waals surface area contributed by atoms with Crippen molar-refractivity contribution in [3.05, 3.63) is 53.1 Å². The van der Waals surface area contributed by atoms with Gasteiger partial charge in [-0.2, -0.15) is 0 Å². The monoisotopic (exact) mass is 351 g/mol. The molecule has 26 heavy (non-hydrogen) atoms. The first-order valence-electron chi connectivity index (χ1n) is 8.32. The van der Waals surface area contributed by atoms with Crippen LogP contribution in [-0.4, -0.2) is 32.2 Å². The molecule has 0 spiro atoms. The SMILES string of the molecule is COC(=O)c1ccc2c(c1)NC(=O)C2=Cc1cccc2c1OCCCO2. The Balaban J connectivity index is 1.76. The van der Waals surface area contributed by atoms with Gasteiger partial charge in [-0.1, -0.05) is 18.2 Å². The van der Waals surface area contributed by atoms with E-state index in [-0.39, 0.29) is 5.91 Å². The van der Waals surface area contributed by atoms with Crippen LogP contribution in [0.2, 0.25) is 0 Å². The third-order valence-electron chi connectivity index (χ3n) is 4.33. The van der Waals surface area contributed by atoms with Crippen LogP contribution in [-0.2, 0) is 9.53 Å². The van der Waals surface area contributed by atoms with E-state index < -0.39 is 5.97 Å². The summed E-state index contributed by atoms with van der Waals surface area (Å²) in [6.07, 6.45) is 2.59. The molecule has 0 radical (unpaired) electrons. The molecule has 0 unspecified atom stereocenters. The second-order valence-corrected chi connectivity index (χ2v) is 5.99. The maximum absolute atomic E-state index is 12.5. The first-order valence-corrected chi connectivity index (χ1v) is 8.32. The Bertz CT molecular complexity index is 932. The Kier molecular flexibility index (Phi) is 4.08. The summed E-state index contributed by atoms with van der Waals surface area (Å²) >= 11 is 0. The number of anilines is 1. The first kappa shape index (κ1) is 16.2. The standard InChI is InChI=1S/C20H17NO5/c1-24-20(23)13-6-7-14-15(19(22)21-16(14)11-13)10-12-4-2-5-17-18(12)26-9-3-8-25-17/h2,4-7,10-11H,3,8-9H2,1H3,(H,21,22). The van der Waals surface area contributed by atoms with E-state index in [4.69, 9.17) is 14.2 Å². The van der Waals surface area contributed by atoms with Gasteiger partial charge in [0.05, 0.1) is 25.9 Å². The van der Waals surface area contributed by atoms with Gasteiger partial charge < -0.3 is 19.5 Å². The number of amides is 1. The van der Waals surface area contributed by atoms with Crippen LogP contribution in [0.5, 0.6) is 11.5 Å². The summed E-state index contributed by atoms with van der Waals surface area (Å²) in [4.78, 5) is 24.1. The van der Waals surface area contributed by atoms with Crippen LogP contribution in [0.25, 0.3) is 11.6 Å². The van der Waals surface area contributed by atoms with Crippen LogP contribution >= 0.6 is 0 Å². The van der Waals surface area contributed by atoms with E-state index in [0.717, 1.165) is 17.5 Å². The van der Waals surface area contributed by atoms with Gasteiger partial charge in [0.15, 0.2) is 11.5 Å². The average molecular weight is 351 g/mol. The van der Waals surface area contributed by atoms with Crippen LogP contribution < -0.4 is 14.8 Å². The van der Waals surface area contributed by atoms with Gasteiger partial charge in [-0.3, -0.25) is 4.79 Å². The quantitative estimate of drug-likeness (QED) is 0.665. The van der Waals surface area contributed by atoms with Crippen LogP contribution in [0.4, 0.5) is 5.69 Å². The van der Waals surface area contributed by atoms with Gasteiger partial charge >= 0.3 is 5.97 Å². The van der Waals surface area contributed by atoms with Crippen molar-refractivity contribution in [2.24, 2.45) is 0 Å². The van der Waals surface area contributed by atoms with Gasteiger partial charge in [-0.15, -0.1) is 0 Å². The summed E-state index contributed by atoms with van der Waals surface area (Å²) in [5, 5.41) is 2.79. The Hall–Kier alpha value is -3.28. The van der Waals surface area contributed by atoms with E-state index in [1.807, 2.05) is 18.2 Å². The average Bonchev–Trinajstić information content (AvgIpc) is 2.83. The first-order chi connectivity index (χ1) is 12.7. The number of ether oxygens (including phenoxy) is 3. The summed E-state index contributed by atoms with van der Waals surface area (Å²) in [5.41, 5.74) is 2.99. The maximum atomic E-state index is 12.5. The molecule has 0 saturated heterocycles. The predicted octanol–water partition coefficient (Wildman–Crippen LogP) is 3.13. The van der Waals surface area contributed by atoms with Crippen LogP contribution in [0.1, 0.15) is 27.9 Å². The molecule has 6 heteroatoms. The largest absolute Gasteiger partial charge is 0.490 e. The zero-order valence-electron chi connectivity index (χ0n) is 14.2. The number of rotatable bonds is 2. The number of nitrogens with one attached hydrogen (secondary N) is 1. The van der Waals surface area contributed by atoms with Crippen molar-refractivity contribution in [2.45, 2.75) is 6.42 Å². The number of hydrogen-bond donors (Lipinski definition) is 1. The lowest BCUT2D eigenvalue weighted by Crippen LogP contribution is -2.04. The number of esters is 1. The highest BCUT2D eigenvalue weighted by Gasteiger charge is 2.26. The number of para-hydroxylation sites is 1. The fraction of sp³-hybridized carbons (Fsp3) is 0.200. The number of hydrogen-bond acceptors (Lipinski definition) is 5. The highest BCUT2D eigenvalue weighted by Crippen LogP contribution is 2.38. The van der Waals surface area contributed by atoms with Gasteiger partial charge in [-0.25, -0.2) is 4.79 Å². The Morgan fingerprint density at radius 2 is 2.04 bits per heavy atom. The minimum atomic E-state index is -0.446. The van der Waals surface area contributed by atoms with Crippen molar-refractivity contribution in [2.75, 3.05) is 25.6 Å². The Morgan fingerprint density at radius 1 is 1.19 bits per heavy atom. The molecule has 2 aliphatic rings. The third-order valence-corrected chi connectivity index (χ3v) is 4.33. The number of methoxy groups -OCH3 is 1. The molecule has 132 valence electrons. The van der Waals surface area contributed by atoms with Crippen LogP contribution in [0.15, 0.2) is 36.4 Å². The minimum absolute atomic E-state index is 0.228. The molecule has 6 nitrogen and oxygen atoms in total. The predicted molar refractivity (Wildman–Crippen MR) is 96.3 cm³/mol. The number of carbonyl (C=O) groups excluding carboxylic acids is 2. The van der Waals surface area contributed by atoms with Crippen molar-refractivity contribution in [1.29, 1.82) is 0 Å². The Labute approximate surface area is 150 Å². The van der Waals surface area contributed by atoms with Crippen molar-refractivity contribution < 1.29 is 23.8 Å². The second-order valence-electron chi connectivity index (χ2n) is 5.99. The highest BCUT2D eigenvalue weighted by molar-refractivity contribution is 6.35. The summed E-state index contributed by atoms with van der Waals surface area (Å²) in [6.45, 7) is 1.17. The molecule has 2 aromatic rings. The zero-order chi connectivity index (χ0) is 18.1. The van der Waals surface area contributed by atoms with E-state index in [1.54, 1.807) is 24.3 Å². The van der Waals surface area contributed by atoms with E-state index in [1.165, 1.54) is 7.11 Å². The molecule has 1 N–H and O–H groups in total. The lowest BCUT2D eigenvalue weighted by molar-refractivity contribution is -0.110. The summed E-state index contributed by atoms with van der Waals surface area (Å²) in [5.74, 6) is 0.647. The van der Waals surface area contributed by atoms with Crippen molar-refractivity contribution >= 4 is 29.2 Å². The molecule has 0 bridgehead atoms. The minimum Gasteiger partial charge on any atom is -0.490 e. The molecule has 2 heterocycles. The topological polar surface area (TPSA) is 73.9 Å². The second kappa shape index (κ2) is 6.55. The van der Waals surface area contributed by atoms with Crippen molar-refractivity contribution in [1.82, 2.24) is 0 Å². The summed E-state index contributed by atoms with van der Waals surface area (Å²) in [7, 11) is 1.32. The van der Waals surface area contributed by atoms with Gasteiger partial charge in [0, 0.05) is 28.8 Å². The highest BCUT2D eigenvalue weighted by atomic mass is 16.5. The number of benzene rings is 2. The van der Waals surface area contributed by atoms with E-state index in [0.29, 0.717) is 41.5 Å². The molecular weight excluding hydrogens is 334 g/mol. The number of fused-ring (bicyclic) bond motifs is 2. The molecule has 4 rings (SSSR count). The molecule has 0 fully saturated rings. The maximum Gasteiger partial charge on any atom is 0.337 e. The molecule has 0 saturated carbocycles. The van der Waals surface area contributed by atoms with Gasteiger partial charge in [0.2, 0.25) is 0 Å². The smallest absolute Gasteiger partial charge is 0.337 e. The van der Waals surface area contributed by atoms with Crippen molar-refractivity contribution in [3.8, 4) is 11.5 Å². The third kappa shape index (κ3) is 2.79. The lowest BCUT2D eigenvalue weighted by Gasteiger charge is -2.10. The number of carbonyl (C=O) groups is 2. The van der Waals surface area contributed by atoms with E-state index in [2.05, 4.69) is 5.32 Å². The van der Waals surface area contributed by atoms with E-state index in [9.17, 15) is 9.59 Å². The molecule has 1 amide bonds. The zero-order valence-corrected chi connectivity index (χ0v) is 14.2. The molecule has 0 atom stereocenters. The van der Waals surface area contributed by atoms with Crippen molar-refractivity contribution in [3.63, 3.8) is 0 Å². The molecule has 0 aromatic heterocycles. The molecular formula is C20H17NO5. The Morgan fingerprint density at radius 3 is 2.88 bits per heavy atom. The van der Waals surface area contributed by atoms with Gasteiger partial charge in [0.25, 0.3) is 5.91 Å². The molecule has 2 aromatic carbocycles. The van der Waals surface area contributed by atoms with Crippen LogP contribution in [0, 0.1) is 0 Å². The van der Waals surface area contributed by atoms with Gasteiger partial charge in [0.1, 0.15) is 0 Å². The summed E-state index contributed by atoms with van der Waals surface area (Å²) < 4.78 is 16.2. The normalized spacial score (nSPS) is 16.7. The molecule has 2 aliphatic heterocycles. The fourth-order valence-corrected chi connectivity index (χ4v) is 3.07. The molecule has 0 aliphatic carbocycles. The summed E-state index contributed by atoms with van der Waals surface area (Å²) in [6, 6.07) is 10.6. The van der Waals surface area contributed by atoms with E-state index >= 15 is 0 Å². The lowest BCUT2D eigenvalue weighted by atomic mass is 10.0. The van der Waals surface area contributed by atoms with Crippen LogP contribution in [0.3, 0.4) is 0 Å². The fourth-order valence-electron chi connectivity index (χ4n) is 3.07. The van der Waals surface area contributed by atoms with Gasteiger partial charge in [-0.05, 0) is 24.3 Å².